The number of nitrogens with two attached hydrogens (primary N) is 1. The number of hydrogen-bond donors (Lipinski definition) is 1. The van der Waals surface area contributed by atoms with Gasteiger partial charge in [0.25, 0.3) is 0 Å². The summed E-state index contributed by atoms with van der Waals surface area (Å²) in [6.45, 7) is 0. The van der Waals surface area contributed by atoms with Crippen molar-refractivity contribution >= 4 is 34.9 Å². The summed E-state index contributed by atoms with van der Waals surface area (Å²) in [7, 11) is 1.29. The SMILES string of the molecule is COC(=O)c1cc(N)ccc1Oc1ccc(Cl)c(Cl)c1. The van der Waals surface area contributed by atoms with Crippen LogP contribution in [0.1, 0.15) is 10.4 Å². The van der Waals surface area contributed by atoms with Crippen LogP contribution in [0.2, 0.25) is 10.0 Å². The first-order valence-corrected chi connectivity index (χ1v) is 6.37. The van der Waals surface area contributed by atoms with E-state index >= 15 is 0 Å². The van der Waals surface area contributed by atoms with Crippen LogP contribution in [0.4, 0.5) is 5.69 Å². The molecule has 0 saturated carbocycles. The molecule has 0 spiro atoms. The molecule has 2 aromatic carbocycles. The van der Waals surface area contributed by atoms with Crippen LogP contribution in [0.15, 0.2) is 36.4 Å². The molecule has 0 fully saturated rings. The van der Waals surface area contributed by atoms with Gasteiger partial charge < -0.3 is 15.2 Å². The molecule has 0 aliphatic heterocycles. The van der Waals surface area contributed by atoms with Gasteiger partial charge in [-0.15, -0.1) is 0 Å². The second-order valence-electron chi connectivity index (χ2n) is 3.93. The zero-order chi connectivity index (χ0) is 14.7. The predicted molar refractivity (Wildman–Crippen MR) is 78.7 cm³/mol. The number of methoxy groups -OCH3 is 1. The summed E-state index contributed by atoms with van der Waals surface area (Å²) in [5, 5.41) is 0.781. The van der Waals surface area contributed by atoms with Crippen molar-refractivity contribution in [1.29, 1.82) is 0 Å². The Balaban J connectivity index is 2.37. The van der Waals surface area contributed by atoms with Crippen LogP contribution >= 0.6 is 23.2 Å². The maximum atomic E-state index is 11.7. The maximum Gasteiger partial charge on any atom is 0.341 e. The molecule has 0 saturated heterocycles. The number of anilines is 1. The molecule has 0 amide bonds. The molecule has 2 rings (SSSR count). The standard InChI is InChI=1S/C14H11Cl2NO3/c1-19-14(18)10-6-8(17)2-5-13(10)20-9-3-4-11(15)12(16)7-9/h2-7H,17H2,1H3. The molecule has 2 aromatic rings. The van der Waals surface area contributed by atoms with E-state index in [0.29, 0.717) is 27.2 Å². The van der Waals surface area contributed by atoms with Crippen LogP contribution in [-0.4, -0.2) is 13.1 Å². The molecule has 0 atom stereocenters. The minimum Gasteiger partial charge on any atom is -0.465 e. The lowest BCUT2D eigenvalue weighted by atomic mass is 10.2. The Hall–Kier alpha value is -1.91. The lowest BCUT2D eigenvalue weighted by Crippen LogP contribution is -2.04. The van der Waals surface area contributed by atoms with Gasteiger partial charge in [0.05, 0.1) is 17.2 Å². The Morgan fingerprint density at radius 3 is 2.50 bits per heavy atom. The fourth-order valence-corrected chi connectivity index (χ4v) is 1.86. The second kappa shape index (κ2) is 6.03. The molecule has 0 aliphatic carbocycles. The Labute approximate surface area is 126 Å². The zero-order valence-electron chi connectivity index (χ0n) is 10.5. The van der Waals surface area contributed by atoms with Crippen molar-refractivity contribution < 1.29 is 14.3 Å². The molecule has 2 N–H and O–H groups in total. The lowest BCUT2D eigenvalue weighted by molar-refractivity contribution is 0.0598. The lowest BCUT2D eigenvalue weighted by Gasteiger charge is -2.11. The van der Waals surface area contributed by atoms with Crippen LogP contribution in [-0.2, 0) is 4.74 Å². The Bertz CT molecular complexity index is 659. The molecule has 0 radical (unpaired) electrons. The van der Waals surface area contributed by atoms with E-state index in [1.807, 2.05) is 0 Å². The summed E-state index contributed by atoms with van der Waals surface area (Å²) in [6.07, 6.45) is 0. The van der Waals surface area contributed by atoms with Crippen LogP contribution in [0.25, 0.3) is 0 Å². The molecular formula is C14H11Cl2NO3. The molecule has 4 nitrogen and oxygen atoms in total. The van der Waals surface area contributed by atoms with Crippen LogP contribution in [0.3, 0.4) is 0 Å². The average Bonchev–Trinajstić information content (AvgIpc) is 2.44. The van der Waals surface area contributed by atoms with E-state index in [0.717, 1.165) is 0 Å². The topological polar surface area (TPSA) is 61.5 Å². The fraction of sp³-hybridized carbons (Fsp3) is 0.0714. The van der Waals surface area contributed by atoms with E-state index in [4.69, 9.17) is 38.4 Å². The largest absolute Gasteiger partial charge is 0.465 e. The first-order valence-electron chi connectivity index (χ1n) is 5.62. The van der Waals surface area contributed by atoms with E-state index in [2.05, 4.69) is 0 Å². The number of benzene rings is 2. The van der Waals surface area contributed by atoms with Gasteiger partial charge in [0.15, 0.2) is 0 Å². The molecule has 0 unspecified atom stereocenters. The molecule has 0 aliphatic rings. The predicted octanol–water partition coefficient (Wildman–Crippen LogP) is 4.15. The summed E-state index contributed by atoms with van der Waals surface area (Å²) in [4.78, 5) is 11.7. The quantitative estimate of drug-likeness (QED) is 0.683. The van der Waals surface area contributed by atoms with E-state index in [-0.39, 0.29) is 5.56 Å². The highest BCUT2D eigenvalue weighted by Crippen LogP contribution is 2.31. The molecule has 0 bridgehead atoms. The first kappa shape index (κ1) is 14.5. The highest BCUT2D eigenvalue weighted by atomic mass is 35.5. The first-order chi connectivity index (χ1) is 9.51. The van der Waals surface area contributed by atoms with Gasteiger partial charge in [-0.05, 0) is 30.3 Å². The van der Waals surface area contributed by atoms with Crippen molar-refractivity contribution in [3.05, 3.63) is 52.0 Å². The van der Waals surface area contributed by atoms with Gasteiger partial charge in [-0.1, -0.05) is 23.2 Å². The van der Waals surface area contributed by atoms with Crippen LogP contribution in [0.5, 0.6) is 11.5 Å². The molecule has 6 heteroatoms. The van der Waals surface area contributed by atoms with Crippen molar-refractivity contribution in [2.75, 3.05) is 12.8 Å². The highest BCUT2D eigenvalue weighted by Gasteiger charge is 2.14. The van der Waals surface area contributed by atoms with Crippen molar-refractivity contribution in [2.45, 2.75) is 0 Å². The summed E-state index contributed by atoms with van der Waals surface area (Å²) in [6, 6.07) is 9.50. The highest BCUT2D eigenvalue weighted by molar-refractivity contribution is 6.42. The van der Waals surface area contributed by atoms with Gasteiger partial charge in [0.2, 0.25) is 0 Å². The van der Waals surface area contributed by atoms with Gasteiger partial charge in [-0.25, -0.2) is 4.79 Å². The fourth-order valence-electron chi connectivity index (χ4n) is 1.57. The Kier molecular flexibility index (Phi) is 4.37. The third kappa shape index (κ3) is 3.15. The number of carbonyl (C=O) groups is 1. The number of esters is 1. The molecule has 0 heterocycles. The van der Waals surface area contributed by atoms with Crippen molar-refractivity contribution in [2.24, 2.45) is 0 Å². The smallest absolute Gasteiger partial charge is 0.341 e. The summed E-state index contributed by atoms with van der Waals surface area (Å²) < 4.78 is 10.3. The van der Waals surface area contributed by atoms with Crippen molar-refractivity contribution in [1.82, 2.24) is 0 Å². The van der Waals surface area contributed by atoms with E-state index in [9.17, 15) is 4.79 Å². The number of hydrogen-bond acceptors (Lipinski definition) is 4. The van der Waals surface area contributed by atoms with Crippen molar-refractivity contribution in [3.8, 4) is 11.5 Å². The van der Waals surface area contributed by atoms with E-state index in [1.165, 1.54) is 13.2 Å². The summed E-state index contributed by atoms with van der Waals surface area (Å²) in [5.41, 5.74) is 6.33. The number of halogens is 2. The number of rotatable bonds is 3. The second-order valence-corrected chi connectivity index (χ2v) is 4.74. The minimum absolute atomic E-state index is 0.235. The van der Waals surface area contributed by atoms with Crippen molar-refractivity contribution in [3.63, 3.8) is 0 Å². The third-order valence-electron chi connectivity index (χ3n) is 2.53. The van der Waals surface area contributed by atoms with Gasteiger partial charge in [0.1, 0.15) is 17.1 Å². The monoisotopic (exact) mass is 311 g/mol. The van der Waals surface area contributed by atoms with Gasteiger partial charge in [-0.2, -0.15) is 0 Å². The molecule has 104 valence electrons. The Morgan fingerprint density at radius 1 is 1.10 bits per heavy atom. The van der Waals surface area contributed by atoms with Crippen LogP contribution < -0.4 is 10.5 Å². The molecule has 0 aromatic heterocycles. The number of ether oxygens (including phenoxy) is 2. The number of carbonyl (C=O) groups excluding carboxylic acids is 1. The molecular weight excluding hydrogens is 301 g/mol. The third-order valence-corrected chi connectivity index (χ3v) is 3.27. The molecule has 20 heavy (non-hydrogen) atoms. The minimum atomic E-state index is -0.535. The normalized spacial score (nSPS) is 10.2. The van der Waals surface area contributed by atoms with E-state index < -0.39 is 5.97 Å². The average molecular weight is 312 g/mol. The summed E-state index contributed by atoms with van der Waals surface area (Å²) >= 11 is 11.7. The van der Waals surface area contributed by atoms with Crippen LogP contribution in [0, 0.1) is 0 Å². The Morgan fingerprint density at radius 2 is 1.85 bits per heavy atom. The number of nitrogen functional groups attached to an aromatic ring is 1. The summed E-state index contributed by atoms with van der Waals surface area (Å²) in [5.74, 6) is 0.242. The zero-order valence-corrected chi connectivity index (χ0v) is 12.0. The maximum absolute atomic E-state index is 11.7. The van der Waals surface area contributed by atoms with E-state index in [1.54, 1.807) is 30.3 Å². The van der Waals surface area contributed by atoms with Gasteiger partial charge in [-0.3, -0.25) is 0 Å². The van der Waals surface area contributed by atoms with Gasteiger partial charge >= 0.3 is 5.97 Å². The van der Waals surface area contributed by atoms with Gasteiger partial charge in [0, 0.05) is 11.8 Å².